The maximum Gasteiger partial charge on any atom is 0.417 e. The van der Waals surface area contributed by atoms with Gasteiger partial charge in [-0.15, -0.1) is 0 Å². The van der Waals surface area contributed by atoms with Crippen molar-refractivity contribution in [1.82, 2.24) is 9.80 Å². The fourth-order valence-electron chi connectivity index (χ4n) is 2.67. The van der Waals surface area contributed by atoms with E-state index in [9.17, 15) is 23.2 Å². The Morgan fingerprint density at radius 3 is 2.64 bits per heavy atom. The number of ether oxygens (including phenoxy) is 1. The third kappa shape index (κ3) is 2.40. The number of carbonyl (C=O) groups excluding carboxylic acids is 3. The summed E-state index contributed by atoms with van der Waals surface area (Å²) in [6.07, 6.45) is -0.284. The maximum absolute atomic E-state index is 13.2. The van der Waals surface area contributed by atoms with Crippen molar-refractivity contribution in [2.45, 2.75) is 12.5 Å². The SMILES string of the molecule is O=C(c1ccc(F)c(F)c1)N1CCC(N2C(=O)COC2=O)C1. The molecule has 8 heteroatoms. The zero-order chi connectivity index (χ0) is 15.9. The monoisotopic (exact) mass is 310 g/mol. The summed E-state index contributed by atoms with van der Waals surface area (Å²) >= 11 is 0. The van der Waals surface area contributed by atoms with Gasteiger partial charge in [-0.3, -0.25) is 9.59 Å². The number of amides is 3. The van der Waals surface area contributed by atoms with Crippen LogP contribution in [-0.4, -0.2) is 53.4 Å². The maximum atomic E-state index is 13.2. The van der Waals surface area contributed by atoms with Crippen LogP contribution in [0.25, 0.3) is 0 Å². The Morgan fingerprint density at radius 2 is 2.00 bits per heavy atom. The number of cyclic esters (lactones) is 1. The van der Waals surface area contributed by atoms with E-state index in [1.807, 2.05) is 0 Å². The molecule has 2 fully saturated rings. The Labute approximate surface area is 124 Å². The van der Waals surface area contributed by atoms with Crippen molar-refractivity contribution in [3.05, 3.63) is 35.4 Å². The molecule has 2 saturated heterocycles. The van der Waals surface area contributed by atoms with E-state index in [0.29, 0.717) is 13.0 Å². The molecule has 0 spiro atoms. The summed E-state index contributed by atoms with van der Waals surface area (Å²) in [6.45, 7) is 0.185. The molecule has 3 rings (SSSR count). The van der Waals surface area contributed by atoms with Crippen LogP contribution in [0.1, 0.15) is 16.8 Å². The predicted molar refractivity (Wildman–Crippen MR) is 68.9 cm³/mol. The summed E-state index contributed by atoms with van der Waals surface area (Å²) in [6, 6.07) is 2.47. The fourth-order valence-corrected chi connectivity index (χ4v) is 2.67. The second-order valence-corrected chi connectivity index (χ2v) is 5.14. The summed E-state index contributed by atoms with van der Waals surface area (Å²) in [4.78, 5) is 37.7. The first kappa shape index (κ1) is 14.4. The molecule has 2 aliphatic rings. The highest BCUT2D eigenvalue weighted by molar-refractivity contribution is 5.98. The highest BCUT2D eigenvalue weighted by atomic mass is 19.2. The van der Waals surface area contributed by atoms with Crippen molar-refractivity contribution in [2.75, 3.05) is 19.7 Å². The lowest BCUT2D eigenvalue weighted by molar-refractivity contribution is -0.127. The number of hydrogen-bond acceptors (Lipinski definition) is 4. The number of carbonyl (C=O) groups is 3. The zero-order valence-corrected chi connectivity index (χ0v) is 11.4. The van der Waals surface area contributed by atoms with Crippen LogP contribution >= 0.6 is 0 Å². The number of hydrogen-bond donors (Lipinski definition) is 0. The van der Waals surface area contributed by atoms with Crippen LogP contribution in [0.15, 0.2) is 18.2 Å². The molecule has 2 aliphatic heterocycles. The number of benzene rings is 1. The Bertz CT molecular complexity index is 648. The van der Waals surface area contributed by atoms with Gasteiger partial charge < -0.3 is 9.64 Å². The van der Waals surface area contributed by atoms with Gasteiger partial charge in [0.2, 0.25) is 0 Å². The second kappa shape index (κ2) is 5.36. The number of imide groups is 1. The number of nitrogens with zero attached hydrogens (tertiary/aromatic N) is 2. The lowest BCUT2D eigenvalue weighted by atomic mass is 10.2. The van der Waals surface area contributed by atoms with E-state index in [-0.39, 0.29) is 18.7 Å². The van der Waals surface area contributed by atoms with Crippen molar-refractivity contribution in [3.63, 3.8) is 0 Å². The van der Waals surface area contributed by atoms with E-state index in [4.69, 9.17) is 0 Å². The molecule has 6 nitrogen and oxygen atoms in total. The van der Waals surface area contributed by atoms with Crippen LogP contribution < -0.4 is 0 Å². The molecule has 0 radical (unpaired) electrons. The Balaban J connectivity index is 1.72. The highest BCUT2D eigenvalue weighted by Gasteiger charge is 2.41. The average Bonchev–Trinajstić information content (AvgIpc) is 3.08. The van der Waals surface area contributed by atoms with Gasteiger partial charge in [-0.05, 0) is 24.6 Å². The lowest BCUT2D eigenvalue weighted by Gasteiger charge is -2.20. The first-order valence-electron chi connectivity index (χ1n) is 6.70. The minimum absolute atomic E-state index is 0.0230. The Hall–Kier alpha value is -2.51. The van der Waals surface area contributed by atoms with E-state index >= 15 is 0 Å². The van der Waals surface area contributed by atoms with Crippen LogP contribution in [0.3, 0.4) is 0 Å². The van der Waals surface area contributed by atoms with Crippen molar-refractivity contribution >= 4 is 17.9 Å². The van der Waals surface area contributed by atoms with Gasteiger partial charge in [0.25, 0.3) is 11.8 Å². The molecular weight excluding hydrogens is 298 g/mol. The van der Waals surface area contributed by atoms with Gasteiger partial charge in [-0.2, -0.15) is 0 Å². The minimum atomic E-state index is -1.10. The number of halogens is 2. The average molecular weight is 310 g/mol. The van der Waals surface area contributed by atoms with E-state index in [1.165, 1.54) is 11.0 Å². The first-order valence-corrected chi connectivity index (χ1v) is 6.70. The standard InChI is InChI=1S/C14H12F2N2O4/c15-10-2-1-8(5-11(10)16)13(20)17-4-3-9(6-17)18-12(19)7-22-14(18)21/h1-2,5,9H,3-4,6-7H2. The lowest BCUT2D eigenvalue weighted by Crippen LogP contribution is -2.42. The van der Waals surface area contributed by atoms with Crippen molar-refractivity contribution in [1.29, 1.82) is 0 Å². The Kier molecular flexibility index (Phi) is 3.51. The molecule has 116 valence electrons. The van der Waals surface area contributed by atoms with E-state index in [1.54, 1.807) is 0 Å². The van der Waals surface area contributed by atoms with Crippen LogP contribution in [0, 0.1) is 11.6 Å². The second-order valence-electron chi connectivity index (χ2n) is 5.14. The number of rotatable bonds is 2. The summed E-state index contributed by atoms with van der Waals surface area (Å²) in [7, 11) is 0. The molecule has 0 N–H and O–H groups in total. The molecule has 3 amide bonds. The molecule has 1 aromatic carbocycles. The fraction of sp³-hybridized carbons (Fsp3) is 0.357. The molecule has 2 heterocycles. The van der Waals surface area contributed by atoms with Gasteiger partial charge in [0, 0.05) is 18.7 Å². The summed E-state index contributed by atoms with van der Waals surface area (Å²) < 4.78 is 30.7. The van der Waals surface area contributed by atoms with Gasteiger partial charge in [-0.25, -0.2) is 18.5 Å². The summed E-state index contributed by atoms with van der Waals surface area (Å²) in [5.74, 6) is -3.03. The zero-order valence-electron chi connectivity index (χ0n) is 11.4. The predicted octanol–water partition coefficient (Wildman–Crippen LogP) is 1.16. The molecule has 1 atom stereocenters. The van der Waals surface area contributed by atoms with Gasteiger partial charge in [0.05, 0.1) is 6.04 Å². The quantitative estimate of drug-likeness (QED) is 0.822. The van der Waals surface area contributed by atoms with Crippen molar-refractivity contribution in [2.24, 2.45) is 0 Å². The van der Waals surface area contributed by atoms with E-state index in [0.717, 1.165) is 17.0 Å². The molecular formula is C14H12F2N2O4. The summed E-state index contributed by atoms with van der Waals surface area (Å²) in [5.41, 5.74) is 0.0230. The third-order valence-electron chi connectivity index (χ3n) is 3.77. The smallest absolute Gasteiger partial charge is 0.417 e. The number of likely N-dealkylation sites (tertiary alicyclic amines) is 1. The van der Waals surface area contributed by atoms with Gasteiger partial charge in [0.1, 0.15) is 0 Å². The molecule has 22 heavy (non-hydrogen) atoms. The third-order valence-corrected chi connectivity index (χ3v) is 3.77. The first-order chi connectivity index (χ1) is 10.5. The molecule has 0 bridgehead atoms. The van der Waals surface area contributed by atoms with E-state index in [2.05, 4.69) is 4.74 Å². The van der Waals surface area contributed by atoms with Gasteiger partial charge >= 0.3 is 6.09 Å². The van der Waals surface area contributed by atoms with Crippen molar-refractivity contribution < 1.29 is 27.9 Å². The largest absolute Gasteiger partial charge is 0.439 e. The van der Waals surface area contributed by atoms with Crippen LogP contribution in [0.5, 0.6) is 0 Å². The Morgan fingerprint density at radius 1 is 1.23 bits per heavy atom. The molecule has 0 saturated carbocycles. The molecule has 0 aromatic heterocycles. The normalized spacial score (nSPS) is 21.5. The van der Waals surface area contributed by atoms with Crippen LogP contribution in [-0.2, 0) is 9.53 Å². The van der Waals surface area contributed by atoms with Gasteiger partial charge in [-0.1, -0.05) is 0 Å². The van der Waals surface area contributed by atoms with E-state index < -0.39 is 35.6 Å². The van der Waals surface area contributed by atoms with Crippen LogP contribution in [0.2, 0.25) is 0 Å². The minimum Gasteiger partial charge on any atom is -0.439 e. The highest BCUT2D eigenvalue weighted by Crippen LogP contribution is 2.22. The van der Waals surface area contributed by atoms with Crippen molar-refractivity contribution in [3.8, 4) is 0 Å². The van der Waals surface area contributed by atoms with Crippen LogP contribution in [0.4, 0.5) is 13.6 Å². The summed E-state index contributed by atoms with van der Waals surface area (Å²) in [5, 5.41) is 0. The molecule has 1 unspecified atom stereocenters. The topological polar surface area (TPSA) is 66.9 Å². The molecule has 1 aromatic rings. The molecule has 0 aliphatic carbocycles. The van der Waals surface area contributed by atoms with Gasteiger partial charge in [0.15, 0.2) is 18.2 Å².